The number of methoxy groups -OCH3 is 2. The van der Waals surface area contributed by atoms with Crippen molar-refractivity contribution in [3.05, 3.63) is 78.2 Å². The molecule has 2 saturated heterocycles. The fourth-order valence-corrected chi connectivity index (χ4v) is 5.53. The van der Waals surface area contributed by atoms with E-state index < -0.39 is 17.8 Å². The predicted octanol–water partition coefficient (Wildman–Crippen LogP) is 5.25. The first-order chi connectivity index (χ1) is 22.4. The van der Waals surface area contributed by atoms with Crippen LogP contribution >= 0.6 is 0 Å². The predicted molar refractivity (Wildman–Crippen MR) is 168 cm³/mol. The third kappa shape index (κ3) is 6.82. The number of imide groups is 1. The van der Waals surface area contributed by atoms with Gasteiger partial charge in [-0.2, -0.15) is 0 Å². The van der Waals surface area contributed by atoms with E-state index in [4.69, 9.17) is 23.7 Å². The Hall–Kier alpha value is -4.94. The number of aromatic nitrogens is 1. The maximum absolute atomic E-state index is 15.4. The highest BCUT2D eigenvalue weighted by Crippen LogP contribution is 2.38. The van der Waals surface area contributed by atoms with Crippen LogP contribution in [0.3, 0.4) is 0 Å². The van der Waals surface area contributed by atoms with E-state index in [2.05, 4.69) is 9.88 Å². The molecule has 0 N–H and O–H groups in total. The average Bonchev–Trinajstić information content (AvgIpc) is 3.35. The Bertz CT molecular complexity index is 1730. The number of pyridine rings is 1. The largest absolute Gasteiger partial charge is 0.497 e. The Balaban J connectivity index is 1.14. The van der Waals surface area contributed by atoms with Crippen LogP contribution in [0.25, 0.3) is 10.9 Å². The van der Waals surface area contributed by atoms with Crippen LogP contribution in [-0.4, -0.2) is 86.9 Å². The van der Waals surface area contributed by atoms with E-state index >= 15 is 4.39 Å². The van der Waals surface area contributed by atoms with Crippen molar-refractivity contribution in [1.29, 1.82) is 0 Å². The highest BCUT2D eigenvalue weighted by molar-refractivity contribution is 6.19. The third-order valence-electron chi connectivity index (χ3n) is 7.91. The van der Waals surface area contributed by atoms with Gasteiger partial charge in [-0.15, -0.1) is 0 Å². The first-order valence-electron chi connectivity index (χ1n) is 15.1. The van der Waals surface area contributed by atoms with Crippen molar-refractivity contribution in [2.45, 2.75) is 13.0 Å². The molecule has 0 radical (unpaired) electrons. The van der Waals surface area contributed by atoms with E-state index in [0.717, 1.165) is 55.8 Å². The van der Waals surface area contributed by atoms with Crippen LogP contribution in [-0.2, 0) is 16.1 Å². The molecule has 46 heavy (non-hydrogen) atoms. The van der Waals surface area contributed by atoms with E-state index in [0.29, 0.717) is 40.5 Å². The Morgan fingerprint density at radius 1 is 0.913 bits per heavy atom. The number of carbonyl (C=O) groups is 2. The Kier molecular flexibility index (Phi) is 9.46. The average molecular weight is 631 g/mol. The van der Waals surface area contributed by atoms with Gasteiger partial charge < -0.3 is 28.6 Å². The quantitative estimate of drug-likeness (QED) is 0.153. The highest BCUT2D eigenvalue weighted by Gasteiger charge is 2.37. The zero-order chi connectivity index (χ0) is 32.0. The fourth-order valence-electron chi connectivity index (χ4n) is 5.53. The minimum absolute atomic E-state index is 0.0778. The van der Waals surface area contributed by atoms with Gasteiger partial charge in [0.2, 0.25) is 0 Å². The fraction of sp³-hybridized carbons (Fsp3) is 0.324. The number of ether oxygens (including phenoxy) is 5. The molecule has 11 nitrogen and oxygen atoms in total. The summed E-state index contributed by atoms with van der Waals surface area (Å²) < 4.78 is 43.7. The molecule has 0 bridgehead atoms. The van der Waals surface area contributed by atoms with Crippen LogP contribution in [0.1, 0.15) is 12.0 Å². The lowest BCUT2D eigenvalue weighted by Gasteiger charge is -2.26. The molecule has 2 aliphatic heterocycles. The molecule has 6 rings (SSSR count). The van der Waals surface area contributed by atoms with Gasteiger partial charge in [-0.25, -0.2) is 14.1 Å². The van der Waals surface area contributed by atoms with E-state index in [-0.39, 0.29) is 24.5 Å². The molecule has 3 amide bonds. The molecule has 3 aromatic carbocycles. The van der Waals surface area contributed by atoms with Gasteiger partial charge in [-0.05, 0) is 48.4 Å². The lowest BCUT2D eigenvalue weighted by molar-refractivity contribution is -0.116. The van der Waals surface area contributed by atoms with E-state index in [9.17, 15) is 9.59 Å². The number of nitrogens with zero attached hydrogens (tertiary/aromatic N) is 4. The maximum atomic E-state index is 15.4. The van der Waals surface area contributed by atoms with Crippen LogP contribution < -0.4 is 23.8 Å². The molecule has 240 valence electrons. The molecule has 0 aliphatic carbocycles. The summed E-state index contributed by atoms with van der Waals surface area (Å²) in [5.41, 5.74) is 1.51. The van der Waals surface area contributed by atoms with Crippen LogP contribution in [0.5, 0.6) is 28.7 Å². The van der Waals surface area contributed by atoms with Crippen molar-refractivity contribution in [3.8, 4) is 28.7 Å². The lowest BCUT2D eigenvalue weighted by atomic mass is 10.1. The maximum Gasteiger partial charge on any atom is 0.332 e. The second-order valence-electron chi connectivity index (χ2n) is 10.9. The molecule has 1 aromatic heterocycles. The number of halogens is 1. The smallest absolute Gasteiger partial charge is 0.332 e. The Labute approximate surface area is 266 Å². The van der Waals surface area contributed by atoms with Crippen molar-refractivity contribution >= 4 is 28.5 Å². The normalized spacial score (nSPS) is 15.5. The van der Waals surface area contributed by atoms with Crippen molar-refractivity contribution in [2.75, 3.05) is 65.1 Å². The Morgan fingerprint density at radius 2 is 1.76 bits per heavy atom. The molecule has 12 heteroatoms. The van der Waals surface area contributed by atoms with Crippen molar-refractivity contribution in [2.24, 2.45) is 0 Å². The number of carbonyl (C=O) groups excluding carboxylic acids is 2. The van der Waals surface area contributed by atoms with Crippen molar-refractivity contribution < 1.29 is 37.7 Å². The molecule has 2 fully saturated rings. The Morgan fingerprint density at radius 3 is 2.54 bits per heavy atom. The second kappa shape index (κ2) is 14.0. The van der Waals surface area contributed by atoms with Gasteiger partial charge in [0.25, 0.3) is 5.91 Å². The van der Waals surface area contributed by atoms with Gasteiger partial charge >= 0.3 is 6.03 Å². The monoisotopic (exact) mass is 630 g/mol. The molecule has 3 heterocycles. The number of anilines is 1. The number of amides is 3. The van der Waals surface area contributed by atoms with Crippen LogP contribution in [0.4, 0.5) is 14.9 Å². The number of benzene rings is 3. The zero-order valence-corrected chi connectivity index (χ0v) is 25.7. The second-order valence-corrected chi connectivity index (χ2v) is 10.9. The minimum Gasteiger partial charge on any atom is -0.497 e. The summed E-state index contributed by atoms with van der Waals surface area (Å²) >= 11 is 0. The number of hydrogen-bond donors (Lipinski definition) is 0. The van der Waals surface area contributed by atoms with E-state index in [1.165, 1.54) is 17.0 Å². The van der Waals surface area contributed by atoms with Gasteiger partial charge in [0, 0.05) is 49.9 Å². The highest BCUT2D eigenvalue weighted by atomic mass is 19.1. The summed E-state index contributed by atoms with van der Waals surface area (Å²) in [4.78, 5) is 35.2. The molecular weight excluding hydrogens is 595 g/mol. The lowest BCUT2D eigenvalue weighted by Crippen LogP contribution is -2.37. The van der Waals surface area contributed by atoms with Gasteiger partial charge in [0.1, 0.15) is 18.0 Å². The number of hydrogen-bond acceptors (Lipinski definition) is 9. The van der Waals surface area contributed by atoms with E-state index in [1.54, 1.807) is 50.7 Å². The number of fused-ring (bicyclic) bond motifs is 1. The summed E-state index contributed by atoms with van der Waals surface area (Å²) in [6, 6.07) is 15.9. The van der Waals surface area contributed by atoms with Crippen molar-refractivity contribution in [1.82, 2.24) is 14.8 Å². The van der Waals surface area contributed by atoms with E-state index in [1.807, 2.05) is 12.1 Å². The SMILES string of the molecule is COc1cccc(CN2CC(=O)N(c3ccc(Oc4ccnc5cc(OCCCN6CCOCC6)c(OC)cc45)c(F)c3)C2=O)c1. The van der Waals surface area contributed by atoms with Crippen LogP contribution in [0, 0.1) is 5.82 Å². The molecule has 0 atom stereocenters. The summed E-state index contributed by atoms with van der Waals surface area (Å²) in [5, 5.41) is 0.599. The zero-order valence-electron chi connectivity index (χ0n) is 25.7. The summed E-state index contributed by atoms with van der Waals surface area (Å²) in [6.45, 7) is 4.87. The number of urea groups is 1. The van der Waals surface area contributed by atoms with Gasteiger partial charge in [-0.3, -0.25) is 14.7 Å². The molecule has 4 aromatic rings. The molecular formula is C34H35FN4O7. The topological polar surface area (TPSA) is 103 Å². The standard InChI is InChI=1S/C34H35FN4O7/c1-42-25-6-3-5-23(17-25)21-38-22-33(40)39(34(38)41)24-7-8-30(27(35)18-24)46-29-9-10-36-28-20-32(31(43-2)19-26(28)29)45-14-4-11-37-12-15-44-16-13-37/h3,5-10,17-20H,4,11-16,21-22H2,1-2H3. The van der Waals surface area contributed by atoms with Gasteiger partial charge in [-0.1, -0.05) is 12.1 Å². The molecule has 2 aliphatic rings. The summed E-state index contributed by atoms with van der Waals surface area (Å²) in [6.07, 6.45) is 2.42. The van der Waals surface area contributed by atoms with Crippen LogP contribution in [0.2, 0.25) is 0 Å². The third-order valence-corrected chi connectivity index (χ3v) is 7.91. The van der Waals surface area contributed by atoms with Gasteiger partial charge in [0.05, 0.1) is 45.2 Å². The van der Waals surface area contributed by atoms with Crippen molar-refractivity contribution in [3.63, 3.8) is 0 Å². The number of rotatable bonds is 12. The first-order valence-corrected chi connectivity index (χ1v) is 15.1. The first kappa shape index (κ1) is 31.1. The molecule has 0 spiro atoms. The minimum atomic E-state index is -0.735. The van der Waals surface area contributed by atoms with Crippen LogP contribution in [0.15, 0.2) is 66.9 Å². The van der Waals surface area contributed by atoms with Gasteiger partial charge in [0.15, 0.2) is 23.1 Å². The summed E-state index contributed by atoms with van der Waals surface area (Å²) in [7, 11) is 3.11. The molecule has 0 unspecified atom stereocenters. The number of morpholine rings is 1. The molecule has 0 saturated carbocycles. The summed E-state index contributed by atoms with van der Waals surface area (Å²) in [5.74, 6) is 0.787.